The van der Waals surface area contributed by atoms with Crippen LogP contribution in [0.3, 0.4) is 0 Å². The second-order valence-corrected chi connectivity index (χ2v) is 6.76. The van der Waals surface area contributed by atoms with Crippen molar-refractivity contribution in [2.45, 2.75) is 46.1 Å². The molecule has 3 rings (SSSR count). The van der Waals surface area contributed by atoms with Crippen LogP contribution >= 0.6 is 0 Å². The molecule has 1 aliphatic carbocycles. The molecule has 4 nitrogen and oxygen atoms in total. The number of hydrogen-bond acceptors (Lipinski definition) is 3. The van der Waals surface area contributed by atoms with Gasteiger partial charge in [0.1, 0.15) is 5.58 Å². The van der Waals surface area contributed by atoms with Crippen molar-refractivity contribution in [3.05, 3.63) is 34.6 Å². The van der Waals surface area contributed by atoms with Crippen molar-refractivity contribution in [2.75, 3.05) is 6.61 Å². The van der Waals surface area contributed by atoms with E-state index >= 15 is 0 Å². The van der Waals surface area contributed by atoms with E-state index in [9.17, 15) is 9.90 Å². The molecule has 1 aliphatic rings. The van der Waals surface area contributed by atoms with Crippen LogP contribution < -0.4 is 5.32 Å². The van der Waals surface area contributed by atoms with Gasteiger partial charge in [0.05, 0.1) is 12.1 Å². The van der Waals surface area contributed by atoms with Crippen LogP contribution in [0, 0.1) is 26.7 Å². The molecule has 1 heterocycles. The first-order valence-corrected chi connectivity index (χ1v) is 7.80. The minimum absolute atomic E-state index is 0.0548. The molecule has 0 aliphatic heterocycles. The largest absolute Gasteiger partial charge is 0.450 e. The summed E-state index contributed by atoms with van der Waals surface area (Å²) in [7, 11) is 0. The Morgan fingerprint density at radius 2 is 1.95 bits per heavy atom. The molecule has 1 unspecified atom stereocenters. The second-order valence-electron chi connectivity index (χ2n) is 6.76. The lowest BCUT2D eigenvalue weighted by Gasteiger charge is -2.28. The molecule has 0 radical (unpaired) electrons. The first-order valence-electron chi connectivity index (χ1n) is 7.80. The van der Waals surface area contributed by atoms with E-state index in [-0.39, 0.29) is 12.5 Å². The number of amides is 1. The summed E-state index contributed by atoms with van der Waals surface area (Å²) < 4.78 is 5.87. The number of rotatable bonds is 4. The van der Waals surface area contributed by atoms with Gasteiger partial charge >= 0.3 is 0 Å². The van der Waals surface area contributed by atoms with Crippen molar-refractivity contribution in [3.63, 3.8) is 0 Å². The minimum atomic E-state index is -0.563. The highest BCUT2D eigenvalue weighted by molar-refractivity contribution is 6.00. The Kier molecular flexibility index (Phi) is 3.52. The molecule has 1 aromatic carbocycles. The highest BCUT2D eigenvalue weighted by Crippen LogP contribution is 2.39. The van der Waals surface area contributed by atoms with Gasteiger partial charge in [-0.1, -0.05) is 12.1 Å². The zero-order chi connectivity index (χ0) is 16.1. The lowest BCUT2D eigenvalue weighted by molar-refractivity contribution is 0.0798. The quantitative estimate of drug-likeness (QED) is 0.911. The molecule has 22 heavy (non-hydrogen) atoms. The number of aliphatic hydroxyl groups excluding tert-OH is 1. The molecule has 1 atom stereocenters. The minimum Gasteiger partial charge on any atom is -0.450 e. The van der Waals surface area contributed by atoms with E-state index in [0.29, 0.717) is 11.7 Å². The number of fused-ring (bicyclic) bond motifs is 1. The summed E-state index contributed by atoms with van der Waals surface area (Å²) in [4.78, 5) is 12.6. The number of nitrogens with one attached hydrogen (secondary N) is 1. The third-order valence-electron chi connectivity index (χ3n) is 4.89. The van der Waals surface area contributed by atoms with Gasteiger partial charge in [0.2, 0.25) is 0 Å². The smallest absolute Gasteiger partial charge is 0.287 e. The van der Waals surface area contributed by atoms with E-state index in [1.54, 1.807) is 0 Å². The van der Waals surface area contributed by atoms with Crippen molar-refractivity contribution in [2.24, 2.45) is 5.92 Å². The predicted octanol–water partition coefficient (Wildman–Crippen LogP) is 3.25. The average molecular weight is 301 g/mol. The van der Waals surface area contributed by atoms with Crippen molar-refractivity contribution < 1.29 is 14.3 Å². The standard InChI is InChI=1S/C18H23NO3/c1-10-5-6-11(2)15-14(10)12(3)16(22-15)17(21)19-18(4,9-20)13-7-8-13/h5-6,13,20H,7-9H2,1-4H3,(H,19,21). The number of hydrogen-bond donors (Lipinski definition) is 2. The van der Waals surface area contributed by atoms with Gasteiger partial charge in [0.25, 0.3) is 5.91 Å². The fraction of sp³-hybridized carbons (Fsp3) is 0.500. The number of aryl methyl sites for hydroxylation is 3. The van der Waals surface area contributed by atoms with E-state index in [4.69, 9.17) is 4.42 Å². The molecular weight excluding hydrogens is 278 g/mol. The van der Waals surface area contributed by atoms with Crippen LogP contribution in [0.4, 0.5) is 0 Å². The number of carbonyl (C=O) groups is 1. The Labute approximate surface area is 130 Å². The fourth-order valence-corrected chi connectivity index (χ4v) is 3.20. The fourth-order valence-electron chi connectivity index (χ4n) is 3.20. The van der Waals surface area contributed by atoms with E-state index in [1.807, 2.05) is 39.8 Å². The monoisotopic (exact) mass is 301 g/mol. The van der Waals surface area contributed by atoms with Gasteiger partial charge in [0, 0.05) is 10.9 Å². The van der Waals surface area contributed by atoms with Crippen molar-refractivity contribution in [1.29, 1.82) is 0 Å². The van der Waals surface area contributed by atoms with Crippen LogP contribution in [0.15, 0.2) is 16.5 Å². The Balaban J connectivity index is 1.99. The maximum absolute atomic E-state index is 12.6. The van der Waals surface area contributed by atoms with Crippen LogP contribution in [0.25, 0.3) is 11.0 Å². The van der Waals surface area contributed by atoms with E-state index in [0.717, 1.165) is 40.5 Å². The Morgan fingerprint density at radius 3 is 2.50 bits per heavy atom. The van der Waals surface area contributed by atoms with Crippen LogP contribution in [0.5, 0.6) is 0 Å². The molecule has 1 saturated carbocycles. The van der Waals surface area contributed by atoms with Crippen LogP contribution in [0.1, 0.15) is 47.0 Å². The molecule has 0 saturated heterocycles. The molecule has 0 spiro atoms. The van der Waals surface area contributed by atoms with Crippen molar-refractivity contribution in [1.82, 2.24) is 5.32 Å². The van der Waals surface area contributed by atoms with Gasteiger partial charge in [-0.2, -0.15) is 0 Å². The number of furan rings is 1. The van der Waals surface area contributed by atoms with Gasteiger partial charge in [-0.25, -0.2) is 0 Å². The molecule has 2 aromatic rings. The molecule has 1 amide bonds. The van der Waals surface area contributed by atoms with Gasteiger partial charge in [-0.3, -0.25) is 4.79 Å². The summed E-state index contributed by atoms with van der Waals surface area (Å²) in [5.41, 5.74) is 3.21. The third kappa shape index (κ3) is 2.31. The lowest BCUT2D eigenvalue weighted by atomic mass is 9.96. The van der Waals surface area contributed by atoms with Crippen LogP contribution in [-0.4, -0.2) is 23.2 Å². The number of carbonyl (C=O) groups excluding carboxylic acids is 1. The van der Waals surface area contributed by atoms with Crippen molar-refractivity contribution in [3.8, 4) is 0 Å². The molecule has 2 N–H and O–H groups in total. The SMILES string of the molecule is Cc1ccc(C)c2c(C)c(C(=O)NC(C)(CO)C3CC3)oc12. The normalized spacial score (nSPS) is 17.5. The summed E-state index contributed by atoms with van der Waals surface area (Å²) in [5.74, 6) is 0.471. The van der Waals surface area contributed by atoms with Gasteiger partial charge < -0.3 is 14.8 Å². The topological polar surface area (TPSA) is 62.5 Å². The lowest BCUT2D eigenvalue weighted by Crippen LogP contribution is -2.50. The Hall–Kier alpha value is -1.81. The number of aliphatic hydroxyl groups is 1. The summed E-state index contributed by atoms with van der Waals surface area (Å²) >= 11 is 0. The summed E-state index contributed by atoms with van der Waals surface area (Å²) in [6.45, 7) is 7.76. The molecular formula is C18H23NO3. The van der Waals surface area contributed by atoms with E-state index in [2.05, 4.69) is 5.32 Å². The van der Waals surface area contributed by atoms with E-state index < -0.39 is 5.54 Å². The van der Waals surface area contributed by atoms with Crippen molar-refractivity contribution >= 4 is 16.9 Å². The van der Waals surface area contributed by atoms with Crippen LogP contribution in [0.2, 0.25) is 0 Å². The zero-order valence-electron chi connectivity index (χ0n) is 13.6. The maximum Gasteiger partial charge on any atom is 0.287 e. The molecule has 1 aromatic heterocycles. The summed E-state index contributed by atoms with van der Waals surface area (Å²) in [6.07, 6.45) is 2.10. The summed E-state index contributed by atoms with van der Waals surface area (Å²) in [5, 5.41) is 13.6. The first kappa shape index (κ1) is 15.1. The van der Waals surface area contributed by atoms with Gasteiger partial charge in [-0.15, -0.1) is 0 Å². The highest BCUT2D eigenvalue weighted by Gasteiger charge is 2.42. The highest BCUT2D eigenvalue weighted by atomic mass is 16.3. The Bertz CT molecular complexity index is 742. The zero-order valence-corrected chi connectivity index (χ0v) is 13.6. The van der Waals surface area contributed by atoms with Gasteiger partial charge in [0.15, 0.2) is 5.76 Å². The third-order valence-corrected chi connectivity index (χ3v) is 4.89. The van der Waals surface area contributed by atoms with Crippen LogP contribution in [-0.2, 0) is 0 Å². The average Bonchev–Trinajstić information content (AvgIpc) is 3.27. The maximum atomic E-state index is 12.6. The molecule has 0 bridgehead atoms. The second kappa shape index (κ2) is 5.13. The number of benzene rings is 1. The summed E-state index contributed by atoms with van der Waals surface area (Å²) in [6, 6.07) is 4.05. The predicted molar refractivity (Wildman–Crippen MR) is 86.1 cm³/mol. The van der Waals surface area contributed by atoms with E-state index in [1.165, 1.54) is 0 Å². The van der Waals surface area contributed by atoms with Gasteiger partial charge in [-0.05, 0) is 57.6 Å². The molecule has 4 heteroatoms. The Morgan fingerprint density at radius 1 is 1.32 bits per heavy atom. The molecule has 1 fully saturated rings. The molecule has 118 valence electrons. The first-order chi connectivity index (χ1) is 10.4.